The summed E-state index contributed by atoms with van der Waals surface area (Å²) in [4.78, 5) is 26.1. The second-order valence-corrected chi connectivity index (χ2v) is 5.15. The molecule has 17 heavy (non-hydrogen) atoms. The molecule has 3 nitrogen and oxygen atoms in total. The predicted molar refractivity (Wildman–Crippen MR) is 71.4 cm³/mol. The summed E-state index contributed by atoms with van der Waals surface area (Å²) in [7, 11) is 0. The van der Waals surface area contributed by atoms with Crippen LogP contribution in [0.3, 0.4) is 0 Å². The van der Waals surface area contributed by atoms with Crippen LogP contribution < -0.4 is 5.43 Å². The zero-order valence-electron chi connectivity index (χ0n) is 9.12. The summed E-state index contributed by atoms with van der Waals surface area (Å²) in [6.45, 7) is 1.96. The number of nitrogens with one attached hydrogen (secondary N) is 1. The number of hydrogen-bond donors (Lipinski definition) is 1. The number of carbonyl (C=O) groups excluding carboxylic acids is 1. The lowest BCUT2D eigenvalue weighted by atomic mass is 10.1. The van der Waals surface area contributed by atoms with Crippen molar-refractivity contribution in [3.05, 3.63) is 39.0 Å². The Hall–Kier alpha value is -1.26. The average Bonchev–Trinajstić information content (AvgIpc) is 2.29. The third-order valence-electron chi connectivity index (χ3n) is 2.37. The molecule has 0 radical (unpaired) electrons. The molecule has 5 heteroatoms. The number of pyridine rings is 1. The van der Waals surface area contributed by atoms with Crippen LogP contribution in [0.25, 0.3) is 10.9 Å². The number of H-pyrrole nitrogens is 1. The summed E-state index contributed by atoms with van der Waals surface area (Å²) in [5, 5.41) is 1.64. The maximum Gasteiger partial charge on any atom is 0.201 e. The van der Waals surface area contributed by atoms with Gasteiger partial charge >= 0.3 is 0 Å². The van der Waals surface area contributed by atoms with Crippen molar-refractivity contribution in [1.29, 1.82) is 0 Å². The van der Waals surface area contributed by atoms with Crippen molar-refractivity contribution in [2.24, 2.45) is 0 Å². The van der Waals surface area contributed by atoms with Gasteiger partial charge < -0.3 is 4.98 Å². The van der Waals surface area contributed by atoms with E-state index in [1.807, 2.05) is 6.92 Å². The lowest BCUT2D eigenvalue weighted by Crippen LogP contribution is -2.12. The van der Waals surface area contributed by atoms with Crippen molar-refractivity contribution in [1.82, 2.24) is 4.98 Å². The van der Waals surface area contributed by atoms with E-state index in [1.54, 1.807) is 18.2 Å². The molecule has 0 aliphatic rings. The van der Waals surface area contributed by atoms with Crippen LogP contribution in [-0.4, -0.2) is 17.0 Å². The Bertz CT molecular complexity index is 636. The minimum absolute atomic E-state index is 0.187. The van der Waals surface area contributed by atoms with Crippen LogP contribution in [-0.2, 0) is 0 Å². The third-order valence-corrected chi connectivity index (χ3v) is 3.50. The number of rotatable bonds is 3. The van der Waals surface area contributed by atoms with Crippen molar-refractivity contribution in [3.8, 4) is 0 Å². The van der Waals surface area contributed by atoms with E-state index in [2.05, 4.69) is 4.98 Å². The smallest absolute Gasteiger partial charge is 0.201 e. The molecule has 0 bridgehead atoms. The normalized spacial score (nSPS) is 10.7. The number of fused-ring (bicyclic) bond motifs is 1. The minimum atomic E-state index is -0.249. The highest BCUT2D eigenvalue weighted by Crippen LogP contribution is 2.22. The molecule has 88 valence electrons. The summed E-state index contributed by atoms with van der Waals surface area (Å²) >= 11 is 7.31. The van der Waals surface area contributed by atoms with E-state index in [0.29, 0.717) is 27.2 Å². The van der Waals surface area contributed by atoms with Crippen molar-refractivity contribution >= 4 is 40.6 Å². The van der Waals surface area contributed by atoms with Gasteiger partial charge in [-0.15, -0.1) is 11.8 Å². The van der Waals surface area contributed by atoms with E-state index in [4.69, 9.17) is 11.6 Å². The number of hydrogen-bond acceptors (Lipinski definition) is 3. The number of halogens is 1. The van der Waals surface area contributed by atoms with Crippen molar-refractivity contribution < 1.29 is 4.79 Å². The van der Waals surface area contributed by atoms with E-state index < -0.39 is 0 Å². The SMILES string of the molecule is CCSc1[nH]c2cc(Cl)ccc2c(=O)c1C=O. The first-order valence-corrected chi connectivity index (χ1v) is 6.47. The van der Waals surface area contributed by atoms with Crippen molar-refractivity contribution in [2.75, 3.05) is 5.75 Å². The Morgan fingerprint density at radius 1 is 1.47 bits per heavy atom. The highest BCUT2D eigenvalue weighted by molar-refractivity contribution is 7.99. The lowest BCUT2D eigenvalue weighted by Gasteiger charge is -2.06. The van der Waals surface area contributed by atoms with E-state index in [0.717, 1.165) is 5.75 Å². The quantitative estimate of drug-likeness (QED) is 0.687. The largest absolute Gasteiger partial charge is 0.349 e. The second kappa shape index (κ2) is 4.94. The molecule has 0 amide bonds. The molecule has 0 spiro atoms. The fourth-order valence-corrected chi connectivity index (χ4v) is 2.56. The molecule has 1 aromatic heterocycles. The molecule has 0 fully saturated rings. The molecule has 0 saturated heterocycles. The first-order valence-electron chi connectivity index (χ1n) is 5.11. The molecular weight excluding hydrogens is 258 g/mol. The fourth-order valence-electron chi connectivity index (χ4n) is 1.62. The number of aromatic amines is 1. The molecule has 1 aromatic carbocycles. The zero-order valence-corrected chi connectivity index (χ0v) is 10.7. The molecule has 0 saturated carbocycles. The number of benzene rings is 1. The Morgan fingerprint density at radius 3 is 2.88 bits per heavy atom. The van der Waals surface area contributed by atoms with Crippen LogP contribution in [0.5, 0.6) is 0 Å². The molecule has 2 aromatic rings. The summed E-state index contributed by atoms with van der Waals surface area (Å²) < 4.78 is 0. The van der Waals surface area contributed by atoms with Crippen LogP contribution >= 0.6 is 23.4 Å². The number of aldehydes is 1. The summed E-state index contributed by atoms with van der Waals surface area (Å²) in [6, 6.07) is 4.96. The molecule has 0 atom stereocenters. The highest BCUT2D eigenvalue weighted by atomic mass is 35.5. The molecule has 1 heterocycles. The average molecular weight is 268 g/mol. The Morgan fingerprint density at radius 2 is 2.24 bits per heavy atom. The van der Waals surface area contributed by atoms with Gasteiger partial charge in [0, 0.05) is 10.4 Å². The Kier molecular flexibility index (Phi) is 3.54. The first kappa shape index (κ1) is 12.2. The lowest BCUT2D eigenvalue weighted by molar-refractivity contribution is 0.111. The van der Waals surface area contributed by atoms with E-state index >= 15 is 0 Å². The van der Waals surface area contributed by atoms with Gasteiger partial charge in [0.2, 0.25) is 5.43 Å². The number of carbonyl (C=O) groups is 1. The topological polar surface area (TPSA) is 49.9 Å². The summed E-state index contributed by atoms with van der Waals surface area (Å²) in [6.07, 6.45) is 0.602. The van der Waals surface area contributed by atoms with Gasteiger partial charge in [0.1, 0.15) is 0 Å². The van der Waals surface area contributed by atoms with Gasteiger partial charge in [-0.2, -0.15) is 0 Å². The third kappa shape index (κ3) is 2.23. The molecule has 1 N–H and O–H groups in total. The van der Waals surface area contributed by atoms with Gasteiger partial charge in [-0.1, -0.05) is 18.5 Å². The molecule has 0 aliphatic carbocycles. The standard InChI is InChI=1S/C12H10ClNO2S/c1-2-17-12-9(6-15)11(16)8-4-3-7(13)5-10(8)14-12/h3-6H,2H2,1H3,(H,14,16). The van der Waals surface area contributed by atoms with Gasteiger partial charge in [0.15, 0.2) is 6.29 Å². The predicted octanol–water partition coefficient (Wildman–Crippen LogP) is 3.11. The van der Waals surface area contributed by atoms with Crippen molar-refractivity contribution in [3.63, 3.8) is 0 Å². The molecule has 2 rings (SSSR count). The number of thioether (sulfide) groups is 1. The second-order valence-electron chi connectivity index (χ2n) is 3.44. The highest BCUT2D eigenvalue weighted by Gasteiger charge is 2.11. The monoisotopic (exact) mass is 267 g/mol. The van der Waals surface area contributed by atoms with Crippen LogP contribution in [0.15, 0.2) is 28.0 Å². The fraction of sp³-hybridized carbons (Fsp3) is 0.167. The molecule has 0 unspecified atom stereocenters. The zero-order chi connectivity index (χ0) is 12.4. The van der Waals surface area contributed by atoms with Crippen molar-refractivity contribution in [2.45, 2.75) is 11.9 Å². The van der Waals surface area contributed by atoms with Gasteiger partial charge in [-0.05, 0) is 24.0 Å². The first-order chi connectivity index (χ1) is 8.17. The molecular formula is C12H10ClNO2S. The summed E-state index contributed by atoms with van der Waals surface area (Å²) in [5.74, 6) is 0.781. The van der Waals surface area contributed by atoms with Gasteiger partial charge in [0.25, 0.3) is 0 Å². The van der Waals surface area contributed by atoms with Gasteiger partial charge in [-0.25, -0.2) is 0 Å². The Labute approximate surface area is 107 Å². The maximum atomic E-state index is 12.1. The van der Waals surface area contributed by atoms with Gasteiger partial charge in [0.05, 0.1) is 16.1 Å². The number of aromatic nitrogens is 1. The van der Waals surface area contributed by atoms with E-state index in [9.17, 15) is 9.59 Å². The molecule has 0 aliphatic heterocycles. The Balaban J connectivity index is 2.82. The maximum absolute atomic E-state index is 12.1. The van der Waals surface area contributed by atoms with E-state index in [-0.39, 0.29) is 11.0 Å². The summed E-state index contributed by atoms with van der Waals surface area (Å²) in [5.41, 5.74) is 0.595. The van der Waals surface area contributed by atoms with Gasteiger partial charge in [-0.3, -0.25) is 9.59 Å². The minimum Gasteiger partial charge on any atom is -0.349 e. The van der Waals surface area contributed by atoms with E-state index in [1.165, 1.54) is 11.8 Å². The van der Waals surface area contributed by atoms with Crippen LogP contribution in [0.2, 0.25) is 5.02 Å². The van der Waals surface area contributed by atoms with Crippen LogP contribution in [0.1, 0.15) is 17.3 Å². The van der Waals surface area contributed by atoms with Crippen LogP contribution in [0.4, 0.5) is 0 Å². The van der Waals surface area contributed by atoms with Crippen LogP contribution in [0, 0.1) is 0 Å².